The summed E-state index contributed by atoms with van der Waals surface area (Å²) in [5.74, 6) is 0.735. The predicted octanol–water partition coefficient (Wildman–Crippen LogP) is 0.317. The molecule has 0 bridgehead atoms. The topological polar surface area (TPSA) is 61.0 Å². The average molecular weight is 227 g/mol. The van der Waals surface area contributed by atoms with Crippen LogP contribution < -0.4 is 4.90 Å². The van der Waals surface area contributed by atoms with Crippen molar-refractivity contribution in [3.8, 4) is 0 Å². The first-order valence-electron chi connectivity index (χ1n) is 4.65. The first-order valence-corrected chi connectivity index (χ1v) is 5.53. The molecule has 0 fully saturated rings. The van der Waals surface area contributed by atoms with Crippen LogP contribution in [0.15, 0.2) is 11.6 Å². The SMILES string of the molecule is CN(CCO)c1nc2sccn2c1CO. The first-order chi connectivity index (χ1) is 7.27. The standard InChI is InChI=1S/C9H13N3O2S/c1-11(2-4-13)8-7(6-14)12-3-5-15-9(12)10-8/h3,5,13-14H,2,4,6H2,1H3. The number of anilines is 1. The Hall–Kier alpha value is -1.11. The second kappa shape index (κ2) is 4.18. The summed E-state index contributed by atoms with van der Waals surface area (Å²) in [4.78, 5) is 7.10. The number of rotatable bonds is 4. The molecule has 5 nitrogen and oxygen atoms in total. The number of aromatic nitrogens is 2. The lowest BCUT2D eigenvalue weighted by molar-refractivity contribution is 0.275. The van der Waals surface area contributed by atoms with Gasteiger partial charge in [0.1, 0.15) is 0 Å². The summed E-state index contributed by atoms with van der Waals surface area (Å²) in [6.07, 6.45) is 1.88. The van der Waals surface area contributed by atoms with Gasteiger partial charge in [-0.25, -0.2) is 4.98 Å². The van der Waals surface area contributed by atoms with Gasteiger partial charge in [-0.1, -0.05) is 0 Å². The van der Waals surface area contributed by atoms with Crippen molar-refractivity contribution in [3.05, 3.63) is 17.3 Å². The Bertz CT molecular complexity index is 451. The molecule has 2 aromatic heterocycles. The van der Waals surface area contributed by atoms with Crippen molar-refractivity contribution in [2.75, 3.05) is 25.1 Å². The summed E-state index contributed by atoms with van der Waals surface area (Å²) in [6, 6.07) is 0. The van der Waals surface area contributed by atoms with Crippen LogP contribution in [0.2, 0.25) is 0 Å². The normalized spacial score (nSPS) is 11.1. The van der Waals surface area contributed by atoms with E-state index in [2.05, 4.69) is 4.98 Å². The van der Waals surface area contributed by atoms with E-state index in [1.54, 1.807) is 0 Å². The Kier molecular flexibility index (Phi) is 2.90. The molecule has 0 atom stereocenters. The molecule has 2 aromatic rings. The van der Waals surface area contributed by atoms with Crippen molar-refractivity contribution in [1.82, 2.24) is 9.38 Å². The maximum absolute atomic E-state index is 9.30. The van der Waals surface area contributed by atoms with Gasteiger partial charge in [0.05, 0.1) is 18.9 Å². The van der Waals surface area contributed by atoms with Crippen molar-refractivity contribution >= 4 is 22.1 Å². The summed E-state index contributed by atoms with van der Waals surface area (Å²) in [5, 5.41) is 20.1. The van der Waals surface area contributed by atoms with Crippen molar-refractivity contribution in [2.45, 2.75) is 6.61 Å². The van der Waals surface area contributed by atoms with Gasteiger partial charge in [0.25, 0.3) is 0 Å². The number of imidazole rings is 1. The van der Waals surface area contributed by atoms with Crippen LogP contribution in [0.5, 0.6) is 0 Å². The Labute approximate surface area is 91.2 Å². The fourth-order valence-corrected chi connectivity index (χ4v) is 2.26. The Morgan fingerprint density at radius 1 is 1.53 bits per heavy atom. The lowest BCUT2D eigenvalue weighted by Crippen LogP contribution is -2.22. The number of hydrogen-bond acceptors (Lipinski definition) is 5. The molecule has 0 unspecified atom stereocenters. The molecular formula is C9H13N3O2S. The van der Waals surface area contributed by atoms with Crippen molar-refractivity contribution in [3.63, 3.8) is 0 Å². The monoisotopic (exact) mass is 227 g/mol. The lowest BCUT2D eigenvalue weighted by atomic mass is 10.4. The minimum Gasteiger partial charge on any atom is -0.395 e. The van der Waals surface area contributed by atoms with E-state index in [0.717, 1.165) is 16.5 Å². The van der Waals surface area contributed by atoms with Crippen LogP contribution in [0, 0.1) is 0 Å². The number of thiazole rings is 1. The van der Waals surface area contributed by atoms with Gasteiger partial charge in [0, 0.05) is 25.2 Å². The van der Waals surface area contributed by atoms with Gasteiger partial charge in [-0.2, -0.15) is 0 Å². The molecule has 0 amide bonds. The predicted molar refractivity (Wildman–Crippen MR) is 59.3 cm³/mol. The van der Waals surface area contributed by atoms with Gasteiger partial charge in [-0.05, 0) is 0 Å². The second-order valence-electron chi connectivity index (χ2n) is 3.24. The van der Waals surface area contributed by atoms with Crippen LogP contribution in [-0.2, 0) is 6.61 Å². The summed E-state index contributed by atoms with van der Waals surface area (Å²) in [7, 11) is 1.85. The molecular weight excluding hydrogens is 214 g/mol. The van der Waals surface area contributed by atoms with Crippen LogP contribution >= 0.6 is 11.3 Å². The summed E-state index contributed by atoms with van der Waals surface area (Å²) >= 11 is 1.52. The van der Waals surface area contributed by atoms with Crippen molar-refractivity contribution in [2.24, 2.45) is 0 Å². The first kappa shape index (κ1) is 10.4. The van der Waals surface area contributed by atoms with Crippen LogP contribution in [0.3, 0.4) is 0 Å². The molecule has 0 radical (unpaired) electrons. The zero-order chi connectivity index (χ0) is 10.8. The van der Waals surface area contributed by atoms with E-state index < -0.39 is 0 Å². The van der Waals surface area contributed by atoms with Crippen LogP contribution in [0.1, 0.15) is 5.69 Å². The van der Waals surface area contributed by atoms with E-state index in [-0.39, 0.29) is 13.2 Å². The number of aliphatic hydroxyl groups is 2. The van der Waals surface area contributed by atoms with Gasteiger partial charge in [-0.15, -0.1) is 11.3 Å². The molecule has 0 aromatic carbocycles. The number of aliphatic hydroxyl groups excluding tert-OH is 2. The molecule has 15 heavy (non-hydrogen) atoms. The van der Waals surface area contributed by atoms with Crippen molar-refractivity contribution in [1.29, 1.82) is 0 Å². The molecule has 2 N–H and O–H groups in total. The largest absolute Gasteiger partial charge is 0.395 e. The maximum atomic E-state index is 9.30. The summed E-state index contributed by atoms with van der Waals surface area (Å²) in [5.41, 5.74) is 0.766. The molecule has 0 spiro atoms. The van der Waals surface area contributed by atoms with Gasteiger partial charge < -0.3 is 15.1 Å². The summed E-state index contributed by atoms with van der Waals surface area (Å²) in [6.45, 7) is 0.535. The highest BCUT2D eigenvalue weighted by Crippen LogP contribution is 2.23. The van der Waals surface area contributed by atoms with Gasteiger partial charge in [-0.3, -0.25) is 4.40 Å². The number of hydrogen-bond donors (Lipinski definition) is 2. The maximum Gasteiger partial charge on any atom is 0.195 e. The van der Waals surface area contributed by atoms with Crippen LogP contribution in [-0.4, -0.2) is 39.8 Å². The van der Waals surface area contributed by atoms with E-state index in [0.29, 0.717) is 6.54 Å². The quantitative estimate of drug-likeness (QED) is 0.789. The fraction of sp³-hybridized carbons (Fsp3) is 0.444. The molecule has 82 valence electrons. The molecule has 6 heteroatoms. The van der Waals surface area contributed by atoms with E-state index in [9.17, 15) is 5.11 Å². The van der Waals surface area contributed by atoms with E-state index >= 15 is 0 Å². The van der Waals surface area contributed by atoms with E-state index in [1.165, 1.54) is 11.3 Å². The molecule has 0 saturated carbocycles. The van der Waals surface area contributed by atoms with Crippen LogP contribution in [0.4, 0.5) is 5.82 Å². The third-order valence-corrected chi connectivity index (χ3v) is 3.04. The van der Waals surface area contributed by atoms with Crippen molar-refractivity contribution < 1.29 is 10.2 Å². The van der Waals surface area contributed by atoms with Gasteiger partial charge in [0.2, 0.25) is 0 Å². The Morgan fingerprint density at radius 3 is 3.00 bits per heavy atom. The van der Waals surface area contributed by atoms with Gasteiger partial charge in [0.15, 0.2) is 10.8 Å². The number of fused-ring (bicyclic) bond motifs is 1. The summed E-state index contributed by atoms with van der Waals surface area (Å²) < 4.78 is 1.87. The molecule has 0 aliphatic rings. The number of nitrogens with zero attached hydrogens (tertiary/aromatic N) is 3. The third-order valence-electron chi connectivity index (χ3n) is 2.29. The van der Waals surface area contributed by atoms with E-state index in [4.69, 9.17) is 5.11 Å². The minimum atomic E-state index is -0.0526. The fourth-order valence-electron chi connectivity index (χ4n) is 1.53. The number of likely N-dealkylation sites (N-methyl/N-ethyl adjacent to an activating group) is 1. The second-order valence-corrected chi connectivity index (χ2v) is 4.11. The highest BCUT2D eigenvalue weighted by atomic mass is 32.1. The zero-order valence-electron chi connectivity index (χ0n) is 8.42. The molecule has 2 rings (SSSR count). The Balaban J connectivity index is 2.45. The molecule has 0 aliphatic heterocycles. The molecule has 0 aliphatic carbocycles. The van der Waals surface area contributed by atoms with Crippen LogP contribution in [0.25, 0.3) is 4.96 Å². The highest BCUT2D eigenvalue weighted by molar-refractivity contribution is 7.15. The minimum absolute atomic E-state index is 0.0526. The molecule has 2 heterocycles. The third kappa shape index (κ3) is 1.71. The lowest BCUT2D eigenvalue weighted by Gasteiger charge is -2.15. The average Bonchev–Trinajstić information content (AvgIpc) is 2.76. The molecule has 0 saturated heterocycles. The zero-order valence-corrected chi connectivity index (χ0v) is 9.24. The van der Waals surface area contributed by atoms with Gasteiger partial charge >= 0.3 is 0 Å². The highest BCUT2D eigenvalue weighted by Gasteiger charge is 2.15. The smallest absolute Gasteiger partial charge is 0.195 e. The Morgan fingerprint density at radius 2 is 2.33 bits per heavy atom. The van der Waals surface area contributed by atoms with E-state index in [1.807, 2.05) is 27.9 Å².